The molecule has 2 aromatic carbocycles. The monoisotopic (exact) mass is 295 g/mol. The molecule has 1 fully saturated rings. The minimum atomic E-state index is -0.00825. The number of piperazine rings is 1. The van der Waals surface area contributed by atoms with E-state index in [9.17, 15) is 4.79 Å². The summed E-state index contributed by atoms with van der Waals surface area (Å²) in [7, 11) is 0. The van der Waals surface area contributed by atoms with Crippen LogP contribution in [0.3, 0.4) is 0 Å². The molecule has 4 nitrogen and oxygen atoms in total. The Hall–Kier alpha value is -2.33. The zero-order valence-corrected chi connectivity index (χ0v) is 12.6. The second-order valence-corrected chi connectivity index (χ2v) is 5.47. The van der Waals surface area contributed by atoms with Gasteiger partial charge in [-0.25, -0.2) is 0 Å². The van der Waals surface area contributed by atoms with Gasteiger partial charge in [0.05, 0.1) is 6.67 Å². The van der Waals surface area contributed by atoms with Crippen molar-refractivity contribution in [3.8, 4) is 0 Å². The van der Waals surface area contributed by atoms with E-state index >= 15 is 0 Å². The van der Waals surface area contributed by atoms with E-state index in [1.54, 1.807) is 0 Å². The van der Waals surface area contributed by atoms with E-state index in [1.165, 1.54) is 5.69 Å². The van der Waals surface area contributed by atoms with Gasteiger partial charge in [-0.3, -0.25) is 9.69 Å². The molecule has 3 rings (SSSR count). The number of rotatable bonds is 4. The Kier molecular flexibility index (Phi) is 4.71. The average Bonchev–Trinajstić information content (AvgIpc) is 2.61. The van der Waals surface area contributed by atoms with E-state index in [0.29, 0.717) is 12.2 Å². The van der Waals surface area contributed by atoms with Gasteiger partial charge in [0.1, 0.15) is 0 Å². The van der Waals surface area contributed by atoms with E-state index in [-0.39, 0.29) is 5.91 Å². The molecule has 0 spiro atoms. The predicted octanol–water partition coefficient (Wildman–Crippen LogP) is 2.20. The molecule has 1 aliphatic heterocycles. The van der Waals surface area contributed by atoms with Crippen molar-refractivity contribution < 1.29 is 4.79 Å². The second-order valence-electron chi connectivity index (χ2n) is 5.47. The number of amides is 1. The summed E-state index contributed by atoms with van der Waals surface area (Å²) in [6.45, 7) is 4.51. The molecule has 0 aliphatic carbocycles. The predicted molar refractivity (Wildman–Crippen MR) is 89.0 cm³/mol. The van der Waals surface area contributed by atoms with Crippen LogP contribution < -0.4 is 10.2 Å². The summed E-state index contributed by atoms with van der Waals surface area (Å²) >= 11 is 0. The van der Waals surface area contributed by atoms with Gasteiger partial charge in [0.2, 0.25) is 0 Å². The quantitative estimate of drug-likeness (QED) is 0.939. The molecule has 2 aromatic rings. The lowest BCUT2D eigenvalue weighted by atomic mass is 10.2. The van der Waals surface area contributed by atoms with Crippen LogP contribution in [0.25, 0.3) is 0 Å². The summed E-state index contributed by atoms with van der Waals surface area (Å²) in [5, 5.41) is 2.99. The Morgan fingerprint density at radius 2 is 1.45 bits per heavy atom. The molecule has 0 bridgehead atoms. The van der Waals surface area contributed by atoms with Crippen LogP contribution in [0.5, 0.6) is 0 Å². The number of anilines is 1. The highest BCUT2D eigenvalue weighted by molar-refractivity contribution is 5.94. The van der Waals surface area contributed by atoms with Crippen LogP contribution in [0.4, 0.5) is 5.69 Å². The molecule has 0 aromatic heterocycles. The number of carbonyl (C=O) groups excluding carboxylic acids is 1. The van der Waals surface area contributed by atoms with E-state index in [0.717, 1.165) is 26.2 Å². The van der Waals surface area contributed by atoms with Gasteiger partial charge in [0.25, 0.3) is 5.91 Å². The molecule has 1 aliphatic rings. The van der Waals surface area contributed by atoms with Crippen LogP contribution in [-0.4, -0.2) is 43.7 Å². The van der Waals surface area contributed by atoms with Gasteiger partial charge in [-0.2, -0.15) is 0 Å². The Morgan fingerprint density at radius 3 is 2.09 bits per heavy atom. The lowest BCUT2D eigenvalue weighted by molar-refractivity contribution is 0.0920. The van der Waals surface area contributed by atoms with Gasteiger partial charge in [-0.05, 0) is 24.3 Å². The summed E-state index contributed by atoms with van der Waals surface area (Å²) in [6.07, 6.45) is 0. The fourth-order valence-corrected chi connectivity index (χ4v) is 2.68. The summed E-state index contributed by atoms with van der Waals surface area (Å²) in [4.78, 5) is 16.7. The largest absolute Gasteiger partial charge is 0.369 e. The molecule has 1 N–H and O–H groups in total. The summed E-state index contributed by atoms with van der Waals surface area (Å²) in [5.41, 5.74) is 1.99. The third-order valence-electron chi connectivity index (χ3n) is 3.99. The van der Waals surface area contributed by atoms with E-state index in [2.05, 4.69) is 39.4 Å². The van der Waals surface area contributed by atoms with Gasteiger partial charge < -0.3 is 10.2 Å². The van der Waals surface area contributed by atoms with Crippen molar-refractivity contribution in [3.63, 3.8) is 0 Å². The number of para-hydroxylation sites is 1. The maximum atomic E-state index is 12.0. The van der Waals surface area contributed by atoms with Crippen LogP contribution in [0, 0.1) is 0 Å². The fourth-order valence-electron chi connectivity index (χ4n) is 2.68. The fraction of sp³-hybridized carbons (Fsp3) is 0.278. The van der Waals surface area contributed by atoms with Crippen LogP contribution in [0.15, 0.2) is 60.7 Å². The zero-order chi connectivity index (χ0) is 15.2. The molecule has 114 valence electrons. The molecule has 1 saturated heterocycles. The van der Waals surface area contributed by atoms with Crippen molar-refractivity contribution in [1.82, 2.24) is 10.2 Å². The van der Waals surface area contributed by atoms with Crippen molar-refractivity contribution in [3.05, 3.63) is 66.2 Å². The first-order valence-electron chi connectivity index (χ1n) is 7.68. The third-order valence-corrected chi connectivity index (χ3v) is 3.99. The van der Waals surface area contributed by atoms with Crippen LogP contribution >= 0.6 is 0 Å². The number of hydrogen-bond donors (Lipinski definition) is 1. The maximum Gasteiger partial charge on any atom is 0.252 e. The number of hydrogen-bond acceptors (Lipinski definition) is 3. The average molecular weight is 295 g/mol. The third kappa shape index (κ3) is 3.65. The van der Waals surface area contributed by atoms with E-state index in [1.807, 2.05) is 36.4 Å². The minimum Gasteiger partial charge on any atom is -0.369 e. The normalized spacial score (nSPS) is 15.5. The molecule has 0 radical (unpaired) electrons. The standard InChI is InChI=1S/C18H21N3O/c22-18(16-7-3-1-4-8-16)19-15-20-11-13-21(14-12-20)17-9-5-2-6-10-17/h1-10H,11-15H2,(H,19,22). The first-order valence-corrected chi connectivity index (χ1v) is 7.68. The number of nitrogens with one attached hydrogen (secondary N) is 1. The topological polar surface area (TPSA) is 35.6 Å². The van der Waals surface area contributed by atoms with Gasteiger partial charge in [0.15, 0.2) is 0 Å². The highest BCUT2D eigenvalue weighted by atomic mass is 16.1. The Balaban J connectivity index is 1.45. The van der Waals surface area contributed by atoms with Crippen molar-refractivity contribution in [2.45, 2.75) is 0 Å². The lowest BCUT2D eigenvalue weighted by Crippen LogP contribution is -2.50. The second kappa shape index (κ2) is 7.09. The zero-order valence-electron chi connectivity index (χ0n) is 12.6. The highest BCUT2D eigenvalue weighted by Crippen LogP contribution is 2.15. The van der Waals surface area contributed by atoms with Crippen molar-refractivity contribution in [2.75, 3.05) is 37.7 Å². The number of nitrogens with zero attached hydrogens (tertiary/aromatic N) is 2. The SMILES string of the molecule is O=C(NCN1CCN(c2ccccc2)CC1)c1ccccc1. The molecule has 1 amide bonds. The molecule has 0 unspecified atom stereocenters. The van der Waals surface area contributed by atoms with E-state index < -0.39 is 0 Å². The Bertz CT molecular complexity index is 592. The van der Waals surface area contributed by atoms with Crippen molar-refractivity contribution in [2.24, 2.45) is 0 Å². The van der Waals surface area contributed by atoms with Gasteiger partial charge in [0, 0.05) is 37.4 Å². The molecule has 0 atom stereocenters. The van der Waals surface area contributed by atoms with Gasteiger partial charge in [-0.1, -0.05) is 36.4 Å². The maximum absolute atomic E-state index is 12.0. The van der Waals surface area contributed by atoms with Gasteiger partial charge in [-0.15, -0.1) is 0 Å². The van der Waals surface area contributed by atoms with E-state index in [4.69, 9.17) is 0 Å². The molecule has 4 heteroatoms. The molecule has 0 saturated carbocycles. The first kappa shape index (κ1) is 14.6. The Labute approximate surface area is 131 Å². The number of benzene rings is 2. The molecular weight excluding hydrogens is 274 g/mol. The first-order chi connectivity index (χ1) is 10.8. The van der Waals surface area contributed by atoms with Crippen molar-refractivity contribution >= 4 is 11.6 Å². The van der Waals surface area contributed by atoms with Crippen LogP contribution in [-0.2, 0) is 0 Å². The summed E-state index contributed by atoms with van der Waals surface area (Å²) in [5.74, 6) is -0.00825. The minimum absolute atomic E-state index is 0.00825. The summed E-state index contributed by atoms with van der Waals surface area (Å²) in [6, 6.07) is 19.8. The Morgan fingerprint density at radius 1 is 0.864 bits per heavy atom. The van der Waals surface area contributed by atoms with Crippen molar-refractivity contribution in [1.29, 1.82) is 0 Å². The number of carbonyl (C=O) groups is 1. The van der Waals surface area contributed by atoms with Crippen LogP contribution in [0.2, 0.25) is 0 Å². The smallest absolute Gasteiger partial charge is 0.252 e. The lowest BCUT2D eigenvalue weighted by Gasteiger charge is -2.36. The van der Waals surface area contributed by atoms with Crippen LogP contribution in [0.1, 0.15) is 10.4 Å². The molecular formula is C18H21N3O. The highest BCUT2D eigenvalue weighted by Gasteiger charge is 2.17. The summed E-state index contributed by atoms with van der Waals surface area (Å²) < 4.78 is 0. The molecule has 22 heavy (non-hydrogen) atoms. The molecule has 1 heterocycles. The van der Waals surface area contributed by atoms with Gasteiger partial charge >= 0.3 is 0 Å².